The van der Waals surface area contributed by atoms with E-state index in [1.54, 1.807) is 6.26 Å². The van der Waals surface area contributed by atoms with Gasteiger partial charge in [-0.1, -0.05) is 5.59 Å². The van der Waals surface area contributed by atoms with E-state index in [0.717, 1.165) is 17.9 Å². The Bertz CT molecular complexity index is 338. The van der Waals surface area contributed by atoms with Gasteiger partial charge in [0.1, 0.15) is 5.76 Å². The molecule has 0 fully saturated rings. The van der Waals surface area contributed by atoms with E-state index in [1.165, 1.54) is 0 Å². The van der Waals surface area contributed by atoms with Crippen molar-refractivity contribution in [1.29, 1.82) is 0 Å². The Hall–Kier alpha value is -1.37. The van der Waals surface area contributed by atoms with Crippen LogP contribution in [0, 0.1) is 6.92 Å². The van der Waals surface area contributed by atoms with E-state index in [4.69, 9.17) is 10.3 Å². The first-order chi connectivity index (χ1) is 7.63. The lowest BCUT2D eigenvalue weighted by Gasteiger charge is -2.15. The molecule has 1 heterocycles. The summed E-state index contributed by atoms with van der Waals surface area (Å²) in [5.74, 6) is 5.37. The summed E-state index contributed by atoms with van der Waals surface area (Å²) in [6, 6.07) is 1.92. The van der Waals surface area contributed by atoms with Crippen LogP contribution in [0.3, 0.4) is 0 Å². The average Bonchev–Trinajstić information content (AvgIpc) is 2.62. The lowest BCUT2D eigenvalue weighted by molar-refractivity contribution is -0.151. The van der Waals surface area contributed by atoms with Crippen molar-refractivity contribution >= 4 is 5.97 Å². The molecule has 0 atom stereocenters. The van der Waals surface area contributed by atoms with Gasteiger partial charge in [0.25, 0.3) is 0 Å². The van der Waals surface area contributed by atoms with Crippen LogP contribution >= 0.6 is 0 Å². The summed E-state index contributed by atoms with van der Waals surface area (Å²) in [4.78, 5) is 17.4. The molecule has 0 aliphatic carbocycles. The molecule has 0 unspecified atom stereocenters. The minimum Gasteiger partial charge on any atom is -0.469 e. The van der Waals surface area contributed by atoms with Gasteiger partial charge in [0.05, 0.1) is 12.7 Å². The van der Waals surface area contributed by atoms with Gasteiger partial charge < -0.3 is 14.2 Å². The van der Waals surface area contributed by atoms with E-state index >= 15 is 0 Å². The van der Waals surface area contributed by atoms with Crippen LogP contribution in [-0.4, -0.2) is 24.5 Å². The lowest BCUT2D eigenvalue weighted by Crippen LogP contribution is -2.29. The first kappa shape index (κ1) is 12.7. The molecule has 1 rings (SSSR count). The predicted molar refractivity (Wildman–Crippen MR) is 57.8 cm³/mol. The second kappa shape index (κ2) is 6.26. The Morgan fingerprint density at radius 2 is 2.44 bits per heavy atom. The molecule has 0 saturated heterocycles. The summed E-state index contributed by atoms with van der Waals surface area (Å²) < 4.78 is 5.18. The molecule has 0 spiro atoms. The zero-order chi connectivity index (χ0) is 12.0. The standard InChI is InChI=1S/C10H17N3O3/c1-8-9(4-6-15-8)7-13(2)5-3-10(14)16-12-11/h4,6,12H,3,5,7,11H2,1-2H3. The van der Waals surface area contributed by atoms with Crippen LogP contribution in [-0.2, 0) is 16.2 Å². The number of nitrogens with one attached hydrogen (secondary N) is 1. The summed E-state index contributed by atoms with van der Waals surface area (Å²) in [6.45, 7) is 3.26. The van der Waals surface area contributed by atoms with E-state index < -0.39 is 0 Å². The minimum atomic E-state index is -0.377. The van der Waals surface area contributed by atoms with Crippen LogP contribution in [0.25, 0.3) is 0 Å². The number of furan rings is 1. The molecule has 90 valence electrons. The number of carbonyl (C=O) groups excluding carboxylic acids is 1. The quantitative estimate of drug-likeness (QED) is 0.538. The number of nitrogens with zero attached hydrogens (tertiary/aromatic N) is 1. The predicted octanol–water partition coefficient (Wildman–Crippen LogP) is 0.331. The van der Waals surface area contributed by atoms with Crippen LogP contribution < -0.4 is 11.4 Å². The number of hydrogen-bond acceptors (Lipinski definition) is 6. The van der Waals surface area contributed by atoms with Gasteiger partial charge in [0.2, 0.25) is 0 Å². The van der Waals surface area contributed by atoms with Crippen molar-refractivity contribution in [3.05, 3.63) is 23.7 Å². The highest BCUT2D eigenvalue weighted by atomic mass is 16.7. The molecule has 0 aliphatic rings. The molecule has 1 aromatic rings. The van der Waals surface area contributed by atoms with Crippen molar-refractivity contribution in [2.45, 2.75) is 19.9 Å². The molecule has 0 saturated carbocycles. The maximum Gasteiger partial charge on any atom is 0.327 e. The normalized spacial score (nSPS) is 10.8. The molecule has 0 amide bonds. The van der Waals surface area contributed by atoms with Gasteiger partial charge in [-0.3, -0.25) is 4.79 Å². The van der Waals surface area contributed by atoms with Gasteiger partial charge in [-0.15, -0.1) is 0 Å². The number of carbonyl (C=O) groups is 1. The van der Waals surface area contributed by atoms with Crippen LogP contribution in [0.2, 0.25) is 0 Å². The highest BCUT2D eigenvalue weighted by molar-refractivity contribution is 5.69. The Morgan fingerprint density at radius 3 is 3.00 bits per heavy atom. The maximum atomic E-state index is 11.0. The molecule has 1 aromatic heterocycles. The molecule has 0 aromatic carbocycles. The number of nitrogens with two attached hydrogens (primary N) is 1. The second-order valence-electron chi connectivity index (χ2n) is 3.58. The van der Waals surface area contributed by atoms with Gasteiger partial charge in [0, 0.05) is 18.7 Å². The van der Waals surface area contributed by atoms with Crippen molar-refractivity contribution in [2.24, 2.45) is 5.84 Å². The molecule has 0 radical (unpaired) electrons. The van der Waals surface area contributed by atoms with Crippen molar-refractivity contribution in [3.8, 4) is 0 Å². The molecule has 0 aliphatic heterocycles. The Kier molecular flexibility index (Phi) is 4.97. The summed E-state index contributed by atoms with van der Waals surface area (Å²) >= 11 is 0. The third kappa shape index (κ3) is 4.01. The summed E-state index contributed by atoms with van der Waals surface area (Å²) in [6.07, 6.45) is 1.95. The van der Waals surface area contributed by atoms with E-state index in [2.05, 4.69) is 4.84 Å². The van der Waals surface area contributed by atoms with Crippen molar-refractivity contribution < 1.29 is 14.0 Å². The van der Waals surface area contributed by atoms with Gasteiger partial charge in [0.15, 0.2) is 0 Å². The minimum absolute atomic E-state index is 0.289. The fraction of sp³-hybridized carbons (Fsp3) is 0.500. The van der Waals surface area contributed by atoms with Gasteiger partial charge in [-0.05, 0) is 20.0 Å². The summed E-state index contributed by atoms with van der Waals surface area (Å²) in [7, 11) is 1.93. The average molecular weight is 227 g/mol. The van der Waals surface area contributed by atoms with E-state index in [0.29, 0.717) is 6.54 Å². The van der Waals surface area contributed by atoms with Crippen molar-refractivity contribution in [1.82, 2.24) is 10.5 Å². The van der Waals surface area contributed by atoms with Crippen molar-refractivity contribution in [2.75, 3.05) is 13.6 Å². The maximum absolute atomic E-state index is 11.0. The van der Waals surface area contributed by atoms with E-state index in [9.17, 15) is 4.79 Å². The number of hydrogen-bond donors (Lipinski definition) is 2. The van der Waals surface area contributed by atoms with Crippen LogP contribution in [0.15, 0.2) is 16.7 Å². The van der Waals surface area contributed by atoms with Gasteiger partial charge >= 0.3 is 5.97 Å². The highest BCUT2D eigenvalue weighted by Gasteiger charge is 2.08. The smallest absolute Gasteiger partial charge is 0.327 e. The molecular formula is C10H17N3O3. The molecule has 0 bridgehead atoms. The molecule has 3 N–H and O–H groups in total. The van der Waals surface area contributed by atoms with Crippen LogP contribution in [0.4, 0.5) is 0 Å². The zero-order valence-corrected chi connectivity index (χ0v) is 9.53. The number of hydrazine groups is 1. The van der Waals surface area contributed by atoms with E-state index in [-0.39, 0.29) is 12.4 Å². The largest absolute Gasteiger partial charge is 0.469 e. The third-order valence-electron chi connectivity index (χ3n) is 2.28. The van der Waals surface area contributed by atoms with Gasteiger partial charge in [-0.2, -0.15) is 0 Å². The fourth-order valence-corrected chi connectivity index (χ4v) is 1.34. The van der Waals surface area contributed by atoms with Crippen LogP contribution in [0.5, 0.6) is 0 Å². The fourth-order valence-electron chi connectivity index (χ4n) is 1.34. The molecule has 6 heteroatoms. The molecule has 6 nitrogen and oxygen atoms in total. The Morgan fingerprint density at radius 1 is 1.69 bits per heavy atom. The third-order valence-corrected chi connectivity index (χ3v) is 2.28. The highest BCUT2D eigenvalue weighted by Crippen LogP contribution is 2.10. The molecular weight excluding hydrogens is 210 g/mol. The Labute approximate surface area is 94.3 Å². The summed E-state index contributed by atoms with van der Waals surface area (Å²) in [5.41, 5.74) is 2.98. The van der Waals surface area contributed by atoms with Crippen molar-refractivity contribution in [3.63, 3.8) is 0 Å². The second-order valence-corrected chi connectivity index (χ2v) is 3.58. The Balaban J connectivity index is 2.28. The first-order valence-electron chi connectivity index (χ1n) is 5.00. The molecule has 16 heavy (non-hydrogen) atoms. The summed E-state index contributed by atoms with van der Waals surface area (Å²) in [5, 5.41) is 0. The van der Waals surface area contributed by atoms with Crippen LogP contribution in [0.1, 0.15) is 17.7 Å². The number of rotatable bonds is 6. The van der Waals surface area contributed by atoms with E-state index in [1.807, 2.05) is 30.5 Å². The first-order valence-corrected chi connectivity index (χ1v) is 5.00. The topological polar surface area (TPSA) is 80.7 Å². The SMILES string of the molecule is Cc1occc1CN(C)CCC(=O)ONN. The lowest BCUT2D eigenvalue weighted by atomic mass is 10.2. The van der Waals surface area contributed by atoms with Gasteiger partial charge in [-0.25, -0.2) is 5.84 Å². The monoisotopic (exact) mass is 227 g/mol. The zero-order valence-electron chi connectivity index (χ0n) is 9.53. The number of aryl methyl sites for hydroxylation is 1.